The Hall–Kier alpha value is -2.46. The maximum Gasteiger partial charge on any atom is 0.263 e. The van der Waals surface area contributed by atoms with Gasteiger partial charge in [-0.1, -0.05) is 11.6 Å². The highest BCUT2D eigenvalue weighted by atomic mass is 35.5. The van der Waals surface area contributed by atoms with E-state index in [0.717, 1.165) is 6.26 Å². The van der Waals surface area contributed by atoms with Gasteiger partial charge in [-0.25, -0.2) is 22.8 Å². The fraction of sp³-hybridized carbons (Fsp3) is 0.450. The third-order valence-electron chi connectivity index (χ3n) is 5.55. The maximum atomic E-state index is 14.1. The van der Waals surface area contributed by atoms with Crippen molar-refractivity contribution in [3.05, 3.63) is 41.4 Å². The van der Waals surface area contributed by atoms with Crippen LogP contribution in [0.5, 0.6) is 5.75 Å². The molecule has 4 rings (SSSR count). The van der Waals surface area contributed by atoms with Crippen LogP contribution in [0.1, 0.15) is 19.3 Å². The molecule has 2 aromatic rings. The van der Waals surface area contributed by atoms with Gasteiger partial charge in [-0.15, -0.1) is 0 Å². The molecule has 2 aromatic heterocycles. The number of pyridine rings is 2. The lowest BCUT2D eigenvalue weighted by Gasteiger charge is -2.37. The Kier molecular flexibility index (Phi) is 6.02. The number of hydrogen-bond acceptors (Lipinski definition) is 7. The lowest BCUT2D eigenvalue weighted by atomic mass is 10.0. The zero-order valence-electron chi connectivity index (χ0n) is 16.9. The molecule has 0 spiro atoms. The molecular weight excluding hydrogens is 447 g/mol. The van der Waals surface area contributed by atoms with Crippen molar-refractivity contribution in [2.45, 2.75) is 36.4 Å². The summed E-state index contributed by atoms with van der Waals surface area (Å²) in [5.41, 5.74) is 0. The van der Waals surface area contributed by atoms with Crippen molar-refractivity contribution >= 4 is 33.2 Å². The van der Waals surface area contributed by atoms with E-state index in [1.165, 1.54) is 30.6 Å². The lowest BCUT2D eigenvalue weighted by Crippen LogP contribution is -2.47. The van der Waals surface area contributed by atoms with E-state index in [1.807, 2.05) is 9.80 Å². The smallest absolute Gasteiger partial charge is 0.263 e. The van der Waals surface area contributed by atoms with E-state index in [9.17, 15) is 17.6 Å². The second-order valence-corrected chi connectivity index (χ2v) is 10.1. The van der Waals surface area contributed by atoms with Gasteiger partial charge < -0.3 is 14.5 Å². The van der Waals surface area contributed by atoms with E-state index < -0.39 is 21.8 Å². The minimum Gasteiger partial charge on any atom is -0.479 e. The molecule has 8 nitrogen and oxygen atoms in total. The second-order valence-electron chi connectivity index (χ2n) is 7.71. The fourth-order valence-electron chi connectivity index (χ4n) is 4.00. The normalized spacial score (nSPS) is 20.4. The number of rotatable bonds is 5. The first-order valence-corrected chi connectivity index (χ1v) is 12.2. The third kappa shape index (κ3) is 4.74. The van der Waals surface area contributed by atoms with Crippen molar-refractivity contribution in [2.75, 3.05) is 30.8 Å². The maximum absolute atomic E-state index is 14.1. The molecule has 11 heteroatoms. The van der Waals surface area contributed by atoms with Crippen LogP contribution in [0.2, 0.25) is 5.02 Å². The summed E-state index contributed by atoms with van der Waals surface area (Å²) in [6.45, 7) is 1.75. The summed E-state index contributed by atoms with van der Waals surface area (Å²) >= 11 is 5.77. The summed E-state index contributed by atoms with van der Waals surface area (Å²) in [7, 11) is -3.39. The molecule has 2 aliphatic rings. The molecule has 1 unspecified atom stereocenters. The van der Waals surface area contributed by atoms with E-state index in [4.69, 9.17) is 16.3 Å². The number of likely N-dealkylation sites (tertiary alicyclic amines) is 1. The van der Waals surface area contributed by atoms with Crippen molar-refractivity contribution in [1.82, 2.24) is 14.9 Å². The summed E-state index contributed by atoms with van der Waals surface area (Å²) in [4.78, 5) is 24.5. The largest absolute Gasteiger partial charge is 0.479 e. The van der Waals surface area contributed by atoms with Crippen LogP contribution in [0, 0.1) is 5.82 Å². The number of nitrogens with zero attached hydrogens (tertiary/aromatic N) is 4. The Morgan fingerprint density at radius 3 is 2.48 bits per heavy atom. The standard InChI is InChI=1S/C20H22ClFN4O4S/c1-31(28,29)18-3-2-15(12-23-18)30-17-6-9-26(20(17)27)14-4-7-25(8-5-14)19-16(22)10-13(21)11-24-19/h2-3,10-12,14,17H,4-9H2,1H3. The van der Waals surface area contributed by atoms with Gasteiger partial charge in [-0.3, -0.25) is 4.79 Å². The number of amides is 1. The molecule has 0 radical (unpaired) electrons. The molecule has 166 valence electrons. The third-order valence-corrected chi connectivity index (χ3v) is 6.76. The van der Waals surface area contributed by atoms with E-state index in [0.29, 0.717) is 44.6 Å². The summed E-state index contributed by atoms with van der Waals surface area (Å²) in [5.74, 6) is 0.0853. The highest BCUT2D eigenvalue weighted by Crippen LogP contribution is 2.28. The van der Waals surface area contributed by atoms with Gasteiger partial charge in [0.2, 0.25) is 0 Å². The Morgan fingerprint density at radius 2 is 1.87 bits per heavy atom. The average Bonchev–Trinajstić information content (AvgIpc) is 3.08. The van der Waals surface area contributed by atoms with Gasteiger partial charge in [-0.2, -0.15) is 0 Å². The van der Waals surface area contributed by atoms with Gasteiger partial charge >= 0.3 is 0 Å². The van der Waals surface area contributed by atoms with Crippen molar-refractivity contribution in [1.29, 1.82) is 0 Å². The number of halogens is 2. The number of sulfone groups is 1. The Bertz CT molecular complexity index is 1080. The summed E-state index contributed by atoms with van der Waals surface area (Å²) in [6.07, 6.45) is 5.14. The van der Waals surface area contributed by atoms with Crippen molar-refractivity contribution in [3.8, 4) is 5.75 Å². The highest BCUT2D eigenvalue weighted by molar-refractivity contribution is 7.90. The predicted molar refractivity (Wildman–Crippen MR) is 113 cm³/mol. The molecule has 1 amide bonds. The van der Waals surface area contributed by atoms with Crippen LogP contribution < -0.4 is 9.64 Å². The number of aromatic nitrogens is 2. The Labute approximate surface area is 184 Å². The number of carbonyl (C=O) groups is 1. The summed E-state index contributed by atoms with van der Waals surface area (Å²) in [6, 6.07) is 4.17. The van der Waals surface area contributed by atoms with Crippen molar-refractivity contribution in [3.63, 3.8) is 0 Å². The lowest BCUT2D eigenvalue weighted by molar-refractivity contribution is -0.135. The van der Waals surface area contributed by atoms with E-state index in [1.54, 1.807) is 0 Å². The SMILES string of the molecule is CS(=O)(=O)c1ccc(OC2CCN(C3CCN(c4ncc(Cl)cc4F)CC3)C2=O)cn1. The van der Waals surface area contributed by atoms with Crippen LogP contribution in [-0.2, 0) is 14.6 Å². The molecule has 31 heavy (non-hydrogen) atoms. The number of hydrogen-bond donors (Lipinski definition) is 0. The van der Waals surface area contributed by atoms with Gasteiger partial charge in [0.1, 0.15) is 5.75 Å². The zero-order valence-corrected chi connectivity index (χ0v) is 18.4. The minimum atomic E-state index is -3.39. The van der Waals surface area contributed by atoms with Gasteiger partial charge in [0.05, 0.1) is 11.2 Å². The number of carbonyl (C=O) groups excluding carboxylic acids is 1. The molecule has 0 N–H and O–H groups in total. The summed E-state index contributed by atoms with van der Waals surface area (Å²) < 4.78 is 42.9. The van der Waals surface area contributed by atoms with Gasteiger partial charge in [0, 0.05) is 44.5 Å². The number of piperidine rings is 1. The highest BCUT2D eigenvalue weighted by Gasteiger charge is 2.38. The van der Waals surface area contributed by atoms with E-state index >= 15 is 0 Å². The van der Waals surface area contributed by atoms with Gasteiger partial charge in [-0.05, 0) is 31.0 Å². The first-order valence-electron chi connectivity index (χ1n) is 9.91. The Balaban J connectivity index is 1.34. The van der Waals surface area contributed by atoms with Crippen molar-refractivity contribution < 1.29 is 22.3 Å². The minimum absolute atomic E-state index is 0.0439. The summed E-state index contributed by atoms with van der Waals surface area (Å²) in [5, 5.41) is 0.212. The molecule has 2 fully saturated rings. The van der Waals surface area contributed by atoms with Crippen LogP contribution in [0.3, 0.4) is 0 Å². The van der Waals surface area contributed by atoms with Crippen LogP contribution in [-0.4, -0.2) is 67.2 Å². The fourth-order valence-corrected chi connectivity index (χ4v) is 4.70. The number of anilines is 1. The molecule has 0 bridgehead atoms. The monoisotopic (exact) mass is 468 g/mol. The van der Waals surface area contributed by atoms with Crippen LogP contribution in [0.4, 0.5) is 10.2 Å². The molecular formula is C20H22ClFN4O4S. The van der Waals surface area contributed by atoms with E-state index in [-0.39, 0.29) is 27.8 Å². The molecule has 1 atom stereocenters. The topological polar surface area (TPSA) is 92.7 Å². The second kappa shape index (κ2) is 8.58. The molecule has 0 aromatic carbocycles. The first kappa shape index (κ1) is 21.8. The Morgan fingerprint density at radius 1 is 1.13 bits per heavy atom. The first-order chi connectivity index (χ1) is 14.7. The zero-order chi connectivity index (χ0) is 22.2. The van der Waals surface area contributed by atoms with Crippen LogP contribution >= 0.6 is 11.6 Å². The van der Waals surface area contributed by atoms with E-state index in [2.05, 4.69) is 9.97 Å². The quantitative estimate of drug-likeness (QED) is 0.664. The molecule has 2 saturated heterocycles. The molecule has 4 heterocycles. The number of ether oxygens (including phenoxy) is 1. The molecule has 2 aliphatic heterocycles. The molecule has 0 aliphatic carbocycles. The van der Waals surface area contributed by atoms with Gasteiger partial charge in [0.25, 0.3) is 5.91 Å². The predicted octanol–water partition coefficient (Wildman–Crippen LogP) is 2.32. The van der Waals surface area contributed by atoms with Crippen LogP contribution in [0.25, 0.3) is 0 Å². The van der Waals surface area contributed by atoms with Gasteiger partial charge in [0.15, 0.2) is 32.6 Å². The molecule has 0 saturated carbocycles. The van der Waals surface area contributed by atoms with Crippen LogP contribution in [0.15, 0.2) is 35.6 Å². The van der Waals surface area contributed by atoms with Crippen molar-refractivity contribution in [2.24, 2.45) is 0 Å². The average molecular weight is 469 g/mol.